The van der Waals surface area contributed by atoms with Gasteiger partial charge in [-0.05, 0) is 32.2 Å². The molecule has 2 heterocycles. The summed E-state index contributed by atoms with van der Waals surface area (Å²) in [4.78, 5) is 2.66. The van der Waals surface area contributed by atoms with Crippen molar-refractivity contribution in [2.45, 2.75) is 64.5 Å². The molecule has 2 unspecified atom stereocenters. The first kappa shape index (κ1) is 15.5. The molecule has 1 aliphatic heterocycles. The van der Waals surface area contributed by atoms with E-state index in [1.807, 2.05) is 11.7 Å². The molecule has 0 amide bonds. The van der Waals surface area contributed by atoms with Gasteiger partial charge >= 0.3 is 0 Å². The van der Waals surface area contributed by atoms with Crippen LogP contribution in [-0.2, 0) is 13.5 Å². The van der Waals surface area contributed by atoms with Gasteiger partial charge in [-0.2, -0.15) is 5.10 Å². The molecule has 20 heavy (non-hydrogen) atoms. The zero-order valence-electron chi connectivity index (χ0n) is 13.3. The van der Waals surface area contributed by atoms with Crippen molar-refractivity contribution in [2.75, 3.05) is 13.1 Å². The van der Waals surface area contributed by atoms with E-state index in [1.54, 1.807) is 0 Å². The molecule has 0 bridgehead atoms. The Bertz CT molecular complexity index is 413. The van der Waals surface area contributed by atoms with Crippen molar-refractivity contribution in [1.29, 1.82) is 0 Å². The molecule has 2 rings (SSSR count). The number of nitrogens with two attached hydrogens (primary N) is 1. The minimum absolute atomic E-state index is 0.335. The molecule has 2 atom stereocenters. The van der Waals surface area contributed by atoms with Crippen molar-refractivity contribution in [3.8, 4) is 0 Å². The predicted octanol–water partition coefficient (Wildman–Crippen LogP) is 2.64. The number of hydrogen-bond acceptors (Lipinski definition) is 3. The van der Waals surface area contributed by atoms with Gasteiger partial charge in [-0.3, -0.25) is 9.58 Å². The molecule has 4 heteroatoms. The third-order valence-electron chi connectivity index (χ3n) is 4.65. The van der Waals surface area contributed by atoms with Crippen molar-refractivity contribution in [1.82, 2.24) is 14.7 Å². The summed E-state index contributed by atoms with van der Waals surface area (Å²) in [5.41, 5.74) is 8.71. The van der Waals surface area contributed by atoms with Crippen molar-refractivity contribution >= 4 is 0 Å². The van der Waals surface area contributed by atoms with Gasteiger partial charge in [0, 0.05) is 31.4 Å². The first-order valence-electron chi connectivity index (χ1n) is 8.19. The van der Waals surface area contributed by atoms with Crippen LogP contribution in [0.4, 0.5) is 0 Å². The summed E-state index contributed by atoms with van der Waals surface area (Å²) in [6, 6.07) is 1.01. The standard InChI is InChI=1S/C16H30N4/c1-4-13-9-7-6-8-10-20(13)16(11-17)14-12-19(3)18-15(14)5-2/h12-13,16H,4-11,17H2,1-3H3. The average molecular weight is 278 g/mol. The fraction of sp³-hybridized carbons (Fsp3) is 0.812. The minimum atomic E-state index is 0.335. The van der Waals surface area contributed by atoms with Crippen LogP contribution in [-0.4, -0.2) is 33.8 Å². The molecule has 114 valence electrons. The molecule has 0 aromatic carbocycles. The Morgan fingerprint density at radius 3 is 2.80 bits per heavy atom. The number of aryl methyl sites for hydroxylation is 2. The fourth-order valence-electron chi connectivity index (χ4n) is 3.60. The Hall–Kier alpha value is -0.870. The normalized spacial score (nSPS) is 22.7. The lowest BCUT2D eigenvalue weighted by Gasteiger charge is -2.36. The Morgan fingerprint density at radius 1 is 1.35 bits per heavy atom. The quantitative estimate of drug-likeness (QED) is 0.900. The van der Waals surface area contributed by atoms with Crippen LogP contribution in [0.5, 0.6) is 0 Å². The number of rotatable bonds is 5. The smallest absolute Gasteiger partial charge is 0.0670 e. The highest BCUT2D eigenvalue weighted by molar-refractivity contribution is 5.22. The van der Waals surface area contributed by atoms with Gasteiger partial charge in [0.25, 0.3) is 0 Å². The van der Waals surface area contributed by atoms with E-state index in [0.29, 0.717) is 18.6 Å². The molecular weight excluding hydrogens is 248 g/mol. The highest BCUT2D eigenvalue weighted by atomic mass is 15.3. The fourth-order valence-corrected chi connectivity index (χ4v) is 3.60. The lowest BCUT2D eigenvalue weighted by atomic mass is 10.0. The molecule has 1 fully saturated rings. The molecule has 4 nitrogen and oxygen atoms in total. The van der Waals surface area contributed by atoms with Crippen molar-refractivity contribution < 1.29 is 0 Å². The average Bonchev–Trinajstić information content (AvgIpc) is 2.68. The molecule has 1 aromatic heterocycles. The molecule has 0 spiro atoms. The van der Waals surface area contributed by atoms with E-state index in [4.69, 9.17) is 5.73 Å². The van der Waals surface area contributed by atoms with Gasteiger partial charge < -0.3 is 5.73 Å². The third-order valence-corrected chi connectivity index (χ3v) is 4.65. The summed E-state index contributed by atoms with van der Waals surface area (Å²) in [5.74, 6) is 0. The van der Waals surface area contributed by atoms with Crippen LogP contribution in [0.1, 0.15) is 63.3 Å². The molecule has 0 radical (unpaired) electrons. The van der Waals surface area contributed by atoms with E-state index in [2.05, 4.69) is 30.0 Å². The van der Waals surface area contributed by atoms with Gasteiger partial charge in [-0.1, -0.05) is 26.7 Å². The maximum atomic E-state index is 6.16. The topological polar surface area (TPSA) is 47.1 Å². The minimum Gasteiger partial charge on any atom is -0.329 e. The molecule has 1 aromatic rings. The third kappa shape index (κ3) is 3.23. The van der Waals surface area contributed by atoms with Gasteiger partial charge in [0.05, 0.1) is 11.7 Å². The van der Waals surface area contributed by atoms with E-state index in [1.165, 1.54) is 49.9 Å². The molecular formula is C16H30N4. The molecule has 2 N–H and O–H groups in total. The maximum Gasteiger partial charge on any atom is 0.0670 e. The second-order valence-corrected chi connectivity index (χ2v) is 5.96. The number of nitrogens with zero attached hydrogens (tertiary/aromatic N) is 3. The van der Waals surface area contributed by atoms with Gasteiger partial charge in [0.2, 0.25) is 0 Å². The summed E-state index contributed by atoms with van der Waals surface area (Å²) in [7, 11) is 2.01. The lowest BCUT2D eigenvalue weighted by molar-refractivity contribution is 0.135. The van der Waals surface area contributed by atoms with E-state index in [9.17, 15) is 0 Å². The van der Waals surface area contributed by atoms with Crippen LogP contribution in [0.15, 0.2) is 6.20 Å². The molecule has 0 saturated carbocycles. The Balaban J connectivity index is 2.28. The Morgan fingerprint density at radius 2 is 2.15 bits per heavy atom. The van der Waals surface area contributed by atoms with Gasteiger partial charge in [0.15, 0.2) is 0 Å². The summed E-state index contributed by atoms with van der Waals surface area (Å²) < 4.78 is 1.94. The van der Waals surface area contributed by atoms with Gasteiger partial charge in [-0.25, -0.2) is 0 Å². The summed E-state index contributed by atoms with van der Waals surface area (Å²) >= 11 is 0. The van der Waals surface area contributed by atoms with Crippen LogP contribution in [0.25, 0.3) is 0 Å². The van der Waals surface area contributed by atoms with Gasteiger partial charge in [-0.15, -0.1) is 0 Å². The summed E-state index contributed by atoms with van der Waals surface area (Å²) in [6.45, 7) is 6.35. The second kappa shape index (κ2) is 7.23. The van der Waals surface area contributed by atoms with Gasteiger partial charge in [0.1, 0.15) is 0 Å². The molecule has 1 saturated heterocycles. The van der Waals surface area contributed by atoms with Crippen LogP contribution in [0, 0.1) is 0 Å². The highest BCUT2D eigenvalue weighted by Crippen LogP contribution is 2.30. The monoisotopic (exact) mass is 278 g/mol. The molecule has 0 aliphatic carbocycles. The van der Waals surface area contributed by atoms with E-state index in [0.717, 1.165) is 6.42 Å². The van der Waals surface area contributed by atoms with E-state index >= 15 is 0 Å². The van der Waals surface area contributed by atoms with E-state index < -0.39 is 0 Å². The Kier molecular flexibility index (Phi) is 5.61. The first-order valence-corrected chi connectivity index (χ1v) is 8.19. The van der Waals surface area contributed by atoms with E-state index in [-0.39, 0.29) is 0 Å². The largest absolute Gasteiger partial charge is 0.329 e. The SMILES string of the molecule is CCc1nn(C)cc1C(CN)N1CCCCCC1CC. The Labute approximate surface area is 123 Å². The van der Waals surface area contributed by atoms with Crippen LogP contribution < -0.4 is 5.73 Å². The predicted molar refractivity (Wildman–Crippen MR) is 83.6 cm³/mol. The first-order chi connectivity index (χ1) is 9.71. The zero-order chi connectivity index (χ0) is 14.5. The lowest BCUT2D eigenvalue weighted by Crippen LogP contribution is -2.41. The van der Waals surface area contributed by atoms with Crippen LogP contribution >= 0.6 is 0 Å². The zero-order valence-corrected chi connectivity index (χ0v) is 13.3. The van der Waals surface area contributed by atoms with Crippen LogP contribution in [0.3, 0.4) is 0 Å². The maximum absolute atomic E-state index is 6.16. The number of aromatic nitrogens is 2. The highest BCUT2D eigenvalue weighted by Gasteiger charge is 2.29. The number of likely N-dealkylation sites (tertiary alicyclic amines) is 1. The summed E-state index contributed by atoms with van der Waals surface area (Å²) in [6.07, 6.45) is 9.71. The summed E-state index contributed by atoms with van der Waals surface area (Å²) in [5, 5.41) is 4.60. The van der Waals surface area contributed by atoms with Crippen molar-refractivity contribution in [3.63, 3.8) is 0 Å². The molecule has 1 aliphatic rings. The van der Waals surface area contributed by atoms with Crippen LogP contribution in [0.2, 0.25) is 0 Å². The second-order valence-electron chi connectivity index (χ2n) is 5.96. The van der Waals surface area contributed by atoms with Crippen molar-refractivity contribution in [2.24, 2.45) is 12.8 Å². The number of hydrogen-bond donors (Lipinski definition) is 1. The van der Waals surface area contributed by atoms with Crippen molar-refractivity contribution in [3.05, 3.63) is 17.5 Å².